The van der Waals surface area contributed by atoms with Gasteiger partial charge in [-0.3, -0.25) is 4.79 Å². The minimum absolute atomic E-state index is 0.00358. The van der Waals surface area contributed by atoms with Gasteiger partial charge in [0.1, 0.15) is 18.2 Å². The highest BCUT2D eigenvalue weighted by Gasteiger charge is 2.07. The zero-order valence-electron chi connectivity index (χ0n) is 10.9. The van der Waals surface area contributed by atoms with E-state index in [0.717, 1.165) is 12.1 Å². The molecule has 0 spiro atoms. The zero-order chi connectivity index (χ0) is 15.2. The van der Waals surface area contributed by atoms with E-state index in [2.05, 4.69) is 5.32 Å². The number of rotatable bonds is 5. The average Bonchev–Trinajstić information content (AvgIpc) is 2.45. The second kappa shape index (κ2) is 6.78. The lowest BCUT2D eigenvalue weighted by molar-refractivity contribution is 0.0946. The summed E-state index contributed by atoms with van der Waals surface area (Å²) in [5, 5.41) is 2.50. The summed E-state index contributed by atoms with van der Waals surface area (Å²) in [6.07, 6.45) is 0. The van der Waals surface area contributed by atoms with Crippen LogP contribution in [0.25, 0.3) is 0 Å². The van der Waals surface area contributed by atoms with Gasteiger partial charge >= 0.3 is 0 Å². The molecule has 0 aliphatic rings. The van der Waals surface area contributed by atoms with Crippen molar-refractivity contribution in [3.8, 4) is 5.75 Å². The average molecular weight is 295 g/mol. The first kappa shape index (κ1) is 14.9. The Hall–Kier alpha value is -2.50. The summed E-state index contributed by atoms with van der Waals surface area (Å²) >= 11 is 0. The van der Waals surface area contributed by atoms with Crippen LogP contribution in [-0.2, 0) is 0 Å². The van der Waals surface area contributed by atoms with Crippen LogP contribution in [0.3, 0.4) is 0 Å². The van der Waals surface area contributed by atoms with Crippen LogP contribution < -0.4 is 10.1 Å². The largest absolute Gasteiger partial charge is 0.489 e. The number of carbonyl (C=O) groups excluding carboxylic acids is 1. The van der Waals surface area contributed by atoms with E-state index in [-0.39, 0.29) is 24.5 Å². The maximum Gasteiger partial charge on any atom is 0.251 e. The molecule has 110 valence electrons. The Bertz CT molecular complexity index is 647. The molecule has 0 bridgehead atoms. The molecule has 0 aliphatic carbocycles. The predicted molar refractivity (Wildman–Crippen MR) is 70.6 cm³/mol. The van der Waals surface area contributed by atoms with Crippen molar-refractivity contribution in [2.45, 2.75) is 0 Å². The van der Waals surface area contributed by atoms with Gasteiger partial charge < -0.3 is 10.1 Å². The van der Waals surface area contributed by atoms with Gasteiger partial charge in [0.05, 0.1) is 6.54 Å². The summed E-state index contributed by atoms with van der Waals surface area (Å²) in [4.78, 5) is 11.7. The summed E-state index contributed by atoms with van der Waals surface area (Å²) in [7, 11) is 0. The molecule has 0 heterocycles. The molecule has 0 aromatic heterocycles. The van der Waals surface area contributed by atoms with Crippen molar-refractivity contribution in [3.05, 3.63) is 65.5 Å². The third kappa shape index (κ3) is 4.24. The van der Waals surface area contributed by atoms with Gasteiger partial charge in [-0.2, -0.15) is 0 Å². The summed E-state index contributed by atoms with van der Waals surface area (Å²) in [5.74, 6) is -2.58. The van der Waals surface area contributed by atoms with E-state index in [9.17, 15) is 18.0 Å². The third-order valence-corrected chi connectivity index (χ3v) is 2.63. The van der Waals surface area contributed by atoms with E-state index in [0.29, 0.717) is 6.07 Å². The molecule has 0 unspecified atom stereocenters. The smallest absolute Gasteiger partial charge is 0.251 e. The molecule has 1 N–H and O–H groups in total. The quantitative estimate of drug-likeness (QED) is 0.861. The minimum atomic E-state index is -0.813. The van der Waals surface area contributed by atoms with Crippen molar-refractivity contribution in [2.75, 3.05) is 13.2 Å². The van der Waals surface area contributed by atoms with Gasteiger partial charge in [-0.1, -0.05) is 6.07 Å². The molecule has 0 fully saturated rings. The van der Waals surface area contributed by atoms with Crippen LogP contribution in [0.15, 0.2) is 42.5 Å². The number of nitrogens with one attached hydrogen (secondary N) is 1. The molecular weight excluding hydrogens is 283 g/mol. The van der Waals surface area contributed by atoms with Crippen LogP contribution in [0.2, 0.25) is 0 Å². The molecule has 1 amide bonds. The molecular formula is C15H12F3NO2. The van der Waals surface area contributed by atoms with Crippen molar-refractivity contribution < 1.29 is 22.7 Å². The minimum Gasteiger partial charge on any atom is -0.489 e. The molecule has 6 heteroatoms. The summed E-state index contributed by atoms with van der Waals surface area (Å²) in [5.41, 5.74) is 0.183. The molecule has 0 saturated carbocycles. The normalized spacial score (nSPS) is 10.2. The fourth-order valence-electron chi connectivity index (χ4n) is 1.65. The Morgan fingerprint density at radius 3 is 2.52 bits per heavy atom. The van der Waals surface area contributed by atoms with Crippen molar-refractivity contribution in [2.24, 2.45) is 0 Å². The van der Waals surface area contributed by atoms with Crippen molar-refractivity contribution in [1.29, 1.82) is 0 Å². The summed E-state index contributed by atoms with van der Waals surface area (Å²) < 4.78 is 43.9. The topological polar surface area (TPSA) is 38.3 Å². The number of carbonyl (C=O) groups is 1. The van der Waals surface area contributed by atoms with Gasteiger partial charge in [-0.25, -0.2) is 13.2 Å². The molecule has 21 heavy (non-hydrogen) atoms. The Labute approximate surface area is 119 Å². The highest BCUT2D eigenvalue weighted by molar-refractivity contribution is 5.94. The van der Waals surface area contributed by atoms with Crippen LogP contribution in [-0.4, -0.2) is 19.1 Å². The van der Waals surface area contributed by atoms with Gasteiger partial charge in [-0.05, 0) is 30.3 Å². The van der Waals surface area contributed by atoms with Crippen LogP contribution in [0.1, 0.15) is 10.4 Å². The first-order valence-corrected chi connectivity index (χ1v) is 6.18. The van der Waals surface area contributed by atoms with Crippen molar-refractivity contribution >= 4 is 5.91 Å². The van der Waals surface area contributed by atoms with Crippen LogP contribution in [0.4, 0.5) is 13.2 Å². The second-order valence-electron chi connectivity index (χ2n) is 4.19. The van der Waals surface area contributed by atoms with Gasteiger partial charge in [-0.15, -0.1) is 0 Å². The SMILES string of the molecule is O=C(NCCOc1ccc(F)cc1F)c1cccc(F)c1. The fourth-order valence-corrected chi connectivity index (χ4v) is 1.65. The maximum atomic E-state index is 13.3. The molecule has 0 saturated heterocycles. The lowest BCUT2D eigenvalue weighted by Gasteiger charge is -2.08. The van der Waals surface area contributed by atoms with Crippen LogP contribution in [0.5, 0.6) is 5.75 Å². The van der Waals surface area contributed by atoms with E-state index in [1.807, 2.05) is 0 Å². The van der Waals surface area contributed by atoms with E-state index >= 15 is 0 Å². The zero-order valence-corrected chi connectivity index (χ0v) is 10.9. The summed E-state index contributed by atoms with van der Waals surface area (Å²) in [6, 6.07) is 8.18. The van der Waals surface area contributed by atoms with Gasteiger partial charge in [0, 0.05) is 11.6 Å². The lowest BCUT2D eigenvalue weighted by Crippen LogP contribution is -2.28. The first-order valence-electron chi connectivity index (χ1n) is 6.18. The molecule has 3 nitrogen and oxygen atoms in total. The standard InChI is InChI=1S/C15H12F3NO2/c16-11-3-1-2-10(8-11)15(20)19-6-7-21-14-5-4-12(17)9-13(14)18/h1-5,8-9H,6-7H2,(H,19,20). The Kier molecular flexibility index (Phi) is 4.81. The third-order valence-electron chi connectivity index (χ3n) is 2.63. The lowest BCUT2D eigenvalue weighted by atomic mass is 10.2. The molecule has 2 aromatic rings. The summed E-state index contributed by atoms with van der Waals surface area (Å²) in [6.45, 7) is 0.107. The van der Waals surface area contributed by atoms with E-state index in [1.54, 1.807) is 0 Å². The highest BCUT2D eigenvalue weighted by atomic mass is 19.1. The van der Waals surface area contributed by atoms with Crippen LogP contribution >= 0.6 is 0 Å². The van der Waals surface area contributed by atoms with Crippen LogP contribution in [0, 0.1) is 17.5 Å². The van der Waals surface area contributed by atoms with E-state index in [1.165, 1.54) is 24.3 Å². The number of hydrogen-bond donors (Lipinski definition) is 1. The molecule has 0 atom stereocenters. The molecule has 2 aromatic carbocycles. The van der Waals surface area contributed by atoms with E-state index < -0.39 is 23.4 Å². The Morgan fingerprint density at radius 1 is 1.05 bits per heavy atom. The van der Waals surface area contributed by atoms with Gasteiger partial charge in [0.15, 0.2) is 11.6 Å². The Balaban J connectivity index is 1.80. The van der Waals surface area contributed by atoms with Crippen molar-refractivity contribution in [1.82, 2.24) is 5.32 Å². The molecule has 0 radical (unpaired) electrons. The number of halogens is 3. The van der Waals surface area contributed by atoms with Crippen molar-refractivity contribution in [3.63, 3.8) is 0 Å². The number of benzene rings is 2. The van der Waals surface area contributed by atoms with Gasteiger partial charge in [0.25, 0.3) is 5.91 Å². The second-order valence-corrected chi connectivity index (χ2v) is 4.19. The van der Waals surface area contributed by atoms with Gasteiger partial charge in [0.2, 0.25) is 0 Å². The maximum absolute atomic E-state index is 13.3. The number of hydrogen-bond acceptors (Lipinski definition) is 2. The molecule has 2 rings (SSSR count). The highest BCUT2D eigenvalue weighted by Crippen LogP contribution is 2.17. The predicted octanol–water partition coefficient (Wildman–Crippen LogP) is 2.91. The fraction of sp³-hybridized carbons (Fsp3) is 0.133. The van der Waals surface area contributed by atoms with E-state index in [4.69, 9.17) is 4.74 Å². The first-order chi connectivity index (χ1) is 10.1. The molecule has 0 aliphatic heterocycles. The number of amides is 1. The number of ether oxygens (including phenoxy) is 1. The Morgan fingerprint density at radius 2 is 1.81 bits per heavy atom. The monoisotopic (exact) mass is 295 g/mol.